The van der Waals surface area contributed by atoms with Gasteiger partial charge in [-0.25, -0.2) is 0 Å². The van der Waals surface area contributed by atoms with Crippen LogP contribution in [0, 0.1) is 5.92 Å². The molecule has 0 bridgehead atoms. The van der Waals surface area contributed by atoms with Crippen LogP contribution < -0.4 is 10.6 Å². The number of nitrogens with one attached hydrogen (secondary N) is 2. The van der Waals surface area contributed by atoms with Crippen LogP contribution in [0.4, 0.5) is 5.69 Å². The number of ether oxygens (including phenoxy) is 1. The Balaban J connectivity index is 1.54. The summed E-state index contributed by atoms with van der Waals surface area (Å²) in [5.41, 5.74) is 1.91. The van der Waals surface area contributed by atoms with E-state index in [1.54, 1.807) is 0 Å². The molecule has 2 unspecified atom stereocenters. The number of carbonyl (C=O) groups is 2. The van der Waals surface area contributed by atoms with Crippen molar-refractivity contribution >= 4 is 17.5 Å². The maximum Gasteiger partial charge on any atom is 0.232 e. The predicted molar refractivity (Wildman–Crippen MR) is 74.4 cm³/mol. The second kappa shape index (κ2) is 5.63. The molecule has 1 aromatic rings. The molecule has 2 N–H and O–H groups in total. The first-order chi connectivity index (χ1) is 9.75. The zero-order valence-electron chi connectivity index (χ0n) is 11.2. The molecule has 2 amide bonds. The van der Waals surface area contributed by atoms with Gasteiger partial charge < -0.3 is 15.4 Å². The van der Waals surface area contributed by atoms with Crippen molar-refractivity contribution in [3.05, 3.63) is 29.8 Å². The van der Waals surface area contributed by atoms with Crippen molar-refractivity contribution in [2.45, 2.75) is 18.8 Å². The lowest BCUT2D eigenvalue weighted by molar-refractivity contribution is -0.125. The summed E-state index contributed by atoms with van der Waals surface area (Å²) >= 11 is 0. The Labute approximate surface area is 117 Å². The fraction of sp³-hybridized carbons (Fsp3) is 0.467. The van der Waals surface area contributed by atoms with Gasteiger partial charge in [-0.1, -0.05) is 18.2 Å². The number of fused-ring (bicyclic) bond motifs is 1. The number of hydrogen-bond acceptors (Lipinski definition) is 3. The van der Waals surface area contributed by atoms with Crippen molar-refractivity contribution in [1.29, 1.82) is 0 Å². The lowest BCUT2D eigenvalue weighted by atomic mass is 9.97. The SMILES string of the molecule is O=C(NCCC1C(=O)Nc2ccccc21)C1CCOC1. The summed E-state index contributed by atoms with van der Waals surface area (Å²) in [6.07, 6.45) is 1.42. The fourth-order valence-corrected chi connectivity index (χ4v) is 2.79. The van der Waals surface area contributed by atoms with Gasteiger partial charge in [0.05, 0.1) is 18.4 Å². The maximum atomic E-state index is 11.9. The van der Waals surface area contributed by atoms with E-state index in [1.165, 1.54) is 0 Å². The summed E-state index contributed by atoms with van der Waals surface area (Å²) in [7, 11) is 0. The number of anilines is 1. The van der Waals surface area contributed by atoms with Crippen LogP contribution >= 0.6 is 0 Å². The topological polar surface area (TPSA) is 67.4 Å². The predicted octanol–water partition coefficient (Wildman–Crippen LogP) is 1.27. The molecule has 20 heavy (non-hydrogen) atoms. The lowest BCUT2D eigenvalue weighted by Gasteiger charge is -2.12. The summed E-state index contributed by atoms with van der Waals surface area (Å²) in [6, 6.07) is 7.70. The highest BCUT2D eigenvalue weighted by Gasteiger charge is 2.30. The van der Waals surface area contributed by atoms with Crippen molar-refractivity contribution in [2.24, 2.45) is 5.92 Å². The summed E-state index contributed by atoms with van der Waals surface area (Å²) in [5, 5.41) is 5.77. The number of benzene rings is 1. The molecular weight excluding hydrogens is 256 g/mol. The van der Waals surface area contributed by atoms with Crippen molar-refractivity contribution in [3.63, 3.8) is 0 Å². The van der Waals surface area contributed by atoms with Crippen molar-refractivity contribution in [1.82, 2.24) is 5.32 Å². The van der Waals surface area contributed by atoms with Gasteiger partial charge in [0.2, 0.25) is 11.8 Å². The highest BCUT2D eigenvalue weighted by molar-refractivity contribution is 6.02. The first-order valence-electron chi connectivity index (χ1n) is 7.01. The highest BCUT2D eigenvalue weighted by atomic mass is 16.5. The van der Waals surface area contributed by atoms with E-state index in [1.807, 2.05) is 24.3 Å². The number of rotatable bonds is 4. The Morgan fingerprint density at radius 1 is 1.40 bits per heavy atom. The lowest BCUT2D eigenvalue weighted by Crippen LogP contribution is -2.32. The Morgan fingerprint density at radius 2 is 2.25 bits per heavy atom. The van der Waals surface area contributed by atoms with Gasteiger partial charge in [-0.15, -0.1) is 0 Å². The Kier molecular flexibility index (Phi) is 3.69. The van der Waals surface area contributed by atoms with Crippen molar-refractivity contribution < 1.29 is 14.3 Å². The van der Waals surface area contributed by atoms with Crippen LogP contribution in [-0.2, 0) is 14.3 Å². The largest absolute Gasteiger partial charge is 0.381 e. The molecular formula is C15H18N2O3. The first kappa shape index (κ1) is 13.1. The van der Waals surface area contributed by atoms with Gasteiger partial charge in [-0.05, 0) is 24.5 Å². The molecule has 106 valence electrons. The average Bonchev–Trinajstić information content (AvgIpc) is 3.07. The van der Waals surface area contributed by atoms with E-state index < -0.39 is 0 Å². The van der Waals surface area contributed by atoms with E-state index in [0.717, 1.165) is 17.7 Å². The highest BCUT2D eigenvalue weighted by Crippen LogP contribution is 2.33. The Hall–Kier alpha value is -1.88. The molecule has 5 heteroatoms. The van der Waals surface area contributed by atoms with Gasteiger partial charge in [-0.3, -0.25) is 9.59 Å². The van der Waals surface area contributed by atoms with Crippen LogP contribution in [0.5, 0.6) is 0 Å². The van der Waals surface area contributed by atoms with E-state index in [2.05, 4.69) is 10.6 Å². The molecule has 2 aliphatic heterocycles. The van der Waals surface area contributed by atoms with E-state index in [-0.39, 0.29) is 23.7 Å². The van der Waals surface area contributed by atoms with E-state index in [9.17, 15) is 9.59 Å². The molecule has 0 saturated carbocycles. The molecule has 2 atom stereocenters. The quantitative estimate of drug-likeness (QED) is 0.868. The summed E-state index contributed by atoms with van der Waals surface area (Å²) in [4.78, 5) is 23.8. The minimum Gasteiger partial charge on any atom is -0.381 e. The minimum atomic E-state index is -0.161. The number of carbonyl (C=O) groups excluding carboxylic acids is 2. The number of para-hydroxylation sites is 1. The zero-order valence-corrected chi connectivity index (χ0v) is 11.2. The third-order valence-electron chi connectivity index (χ3n) is 3.94. The van der Waals surface area contributed by atoms with Crippen molar-refractivity contribution in [3.8, 4) is 0 Å². The van der Waals surface area contributed by atoms with Crippen LogP contribution in [0.3, 0.4) is 0 Å². The van der Waals surface area contributed by atoms with Crippen LogP contribution in [-0.4, -0.2) is 31.6 Å². The molecule has 3 rings (SSSR count). The monoisotopic (exact) mass is 274 g/mol. The molecule has 2 aliphatic rings. The van der Waals surface area contributed by atoms with Crippen LogP contribution in [0.1, 0.15) is 24.3 Å². The van der Waals surface area contributed by atoms with E-state index in [4.69, 9.17) is 4.74 Å². The smallest absolute Gasteiger partial charge is 0.232 e. The normalized spacial score (nSPS) is 24.3. The van der Waals surface area contributed by atoms with Gasteiger partial charge in [0, 0.05) is 18.8 Å². The fourth-order valence-electron chi connectivity index (χ4n) is 2.79. The van der Waals surface area contributed by atoms with Gasteiger partial charge in [0.25, 0.3) is 0 Å². The summed E-state index contributed by atoms with van der Waals surface area (Å²) in [5.74, 6) is -0.134. The second-order valence-electron chi connectivity index (χ2n) is 5.27. The van der Waals surface area contributed by atoms with Crippen LogP contribution in [0.2, 0.25) is 0 Å². The van der Waals surface area contributed by atoms with Gasteiger partial charge >= 0.3 is 0 Å². The van der Waals surface area contributed by atoms with E-state index in [0.29, 0.717) is 26.2 Å². The zero-order chi connectivity index (χ0) is 13.9. The molecule has 1 aromatic carbocycles. The van der Waals surface area contributed by atoms with Gasteiger partial charge in [-0.2, -0.15) is 0 Å². The van der Waals surface area contributed by atoms with Gasteiger partial charge in [0.15, 0.2) is 0 Å². The molecule has 1 fully saturated rings. The van der Waals surface area contributed by atoms with E-state index >= 15 is 0 Å². The average molecular weight is 274 g/mol. The molecule has 2 heterocycles. The molecule has 0 aliphatic carbocycles. The van der Waals surface area contributed by atoms with Gasteiger partial charge in [0.1, 0.15) is 0 Å². The molecule has 5 nitrogen and oxygen atoms in total. The first-order valence-corrected chi connectivity index (χ1v) is 7.01. The minimum absolute atomic E-state index is 0.0182. The standard InChI is InChI=1S/C15H18N2O3/c18-14(10-6-8-20-9-10)16-7-5-12-11-3-1-2-4-13(11)17-15(12)19/h1-4,10,12H,5-9H2,(H,16,18)(H,17,19). The van der Waals surface area contributed by atoms with Crippen LogP contribution in [0.25, 0.3) is 0 Å². The second-order valence-corrected chi connectivity index (χ2v) is 5.27. The van der Waals surface area contributed by atoms with Crippen LogP contribution in [0.15, 0.2) is 24.3 Å². The summed E-state index contributed by atoms with van der Waals surface area (Å²) in [6.45, 7) is 1.69. The molecule has 1 saturated heterocycles. The van der Waals surface area contributed by atoms with Crippen molar-refractivity contribution in [2.75, 3.05) is 25.1 Å². The third-order valence-corrected chi connectivity index (χ3v) is 3.94. The Bertz CT molecular complexity index is 524. The summed E-state index contributed by atoms with van der Waals surface area (Å²) < 4.78 is 5.20. The Morgan fingerprint density at radius 3 is 3.05 bits per heavy atom. The number of amides is 2. The molecule has 0 aromatic heterocycles. The number of hydrogen-bond donors (Lipinski definition) is 2. The third kappa shape index (κ3) is 2.54. The molecule has 0 radical (unpaired) electrons. The maximum absolute atomic E-state index is 11.9. The molecule has 0 spiro atoms.